The molecule has 0 saturated carbocycles. The second kappa shape index (κ2) is 9.29. The third-order valence-corrected chi connectivity index (χ3v) is 3.63. The molecule has 0 radical (unpaired) electrons. The number of nitrogen functional groups attached to an aromatic ring is 1. The Morgan fingerprint density at radius 1 is 1.04 bits per heavy atom. The number of hydrogen-bond donors (Lipinski definition) is 2. The first-order chi connectivity index (χ1) is 11.5. The summed E-state index contributed by atoms with van der Waals surface area (Å²) < 4.78 is 5.06. The lowest BCUT2D eigenvalue weighted by Gasteiger charge is -2.19. The topological polar surface area (TPSA) is 90.1 Å². The van der Waals surface area contributed by atoms with Gasteiger partial charge in [-0.1, -0.05) is 46.4 Å². The van der Waals surface area contributed by atoms with E-state index in [4.69, 9.17) is 56.9 Å². The van der Waals surface area contributed by atoms with Gasteiger partial charge < -0.3 is 10.5 Å². The van der Waals surface area contributed by atoms with Gasteiger partial charge in [-0.25, -0.2) is 14.8 Å². The lowest BCUT2D eigenvalue weighted by Crippen LogP contribution is -2.27. The third kappa shape index (κ3) is 8.45. The Morgan fingerprint density at radius 3 is 2.00 bits per heavy atom. The van der Waals surface area contributed by atoms with Gasteiger partial charge in [0.15, 0.2) is 0 Å². The number of carbonyl (C=O) groups excluding carboxylic acids is 1. The van der Waals surface area contributed by atoms with E-state index in [0.29, 0.717) is 16.4 Å². The maximum atomic E-state index is 11.4. The molecule has 2 heterocycles. The van der Waals surface area contributed by atoms with Gasteiger partial charge in [0, 0.05) is 0 Å². The molecule has 0 aliphatic heterocycles. The molecule has 0 aliphatic carbocycles. The summed E-state index contributed by atoms with van der Waals surface area (Å²) in [5.74, 6) is 0. The number of nitrogens with zero attached hydrogens (tertiary/aromatic N) is 2. The van der Waals surface area contributed by atoms with Gasteiger partial charge in [-0.15, -0.1) is 0 Å². The lowest BCUT2D eigenvalue weighted by atomic mass is 10.2. The van der Waals surface area contributed by atoms with Crippen molar-refractivity contribution in [3.63, 3.8) is 0 Å². The molecule has 25 heavy (non-hydrogen) atoms. The quantitative estimate of drug-likeness (QED) is 0.571. The van der Waals surface area contributed by atoms with Crippen molar-refractivity contribution in [3.8, 4) is 0 Å². The van der Waals surface area contributed by atoms with Crippen LogP contribution in [0.5, 0.6) is 0 Å². The van der Waals surface area contributed by atoms with E-state index in [1.807, 2.05) is 0 Å². The van der Waals surface area contributed by atoms with E-state index in [1.54, 1.807) is 26.8 Å². The van der Waals surface area contributed by atoms with E-state index in [1.165, 1.54) is 18.5 Å². The summed E-state index contributed by atoms with van der Waals surface area (Å²) in [6.45, 7) is 5.33. The van der Waals surface area contributed by atoms with Crippen molar-refractivity contribution in [2.24, 2.45) is 0 Å². The van der Waals surface area contributed by atoms with Crippen LogP contribution >= 0.6 is 46.4 Å². The van der Waals surface area contributed by atoms with Crippen molar-refractivity contribution >= 4 is 63.9 Å². The van der Waals surface area contributed by atoms with Crippen LogP contribution in [0.25, 0.3) is 0 Å². The Labute approximate surface area is 165 Å². The number of ether oxygens (including phenoxy) is 1. The molecule has 136 valence electrons. The van der Waals surface area contributed by atoms with E-state index in [2.05, 4.69) is 15.3 Å². The number of anilines is 2. The predicted octanol–water partition coefficient (Wildman–Crippen LogP) is 5.71. The van der Waals surface area contributed by atoms with E-state index in [9.17, 15) is 4.79 Å². The Balaban J connectivity index is 0.000000293. The largest absolute Gasteiger partial charge is 0.444 e. The number of pyridine rings is 2. The molecular formula is C15H16Cl4N4O2. The molecule has 0 bridgehead atoms. The van der Waals surface area contributed by atoms with Crippen LogP contribution in [-0.4, -0.2) is 21.7 Å². The minimum atomic E-state index is -0.562. The van der Waals surface area contributed by atoms with Gasteiger partial charge in [0.25, 0.3) is 0 Å². The molecule has 2 aromatic heterocycles. The molecule has 6 nitrogen and oxygen atoms in total. The van der Waals surface area contributed by atoms with E-state index < -0.39 is 11.7 Å². The Bertz CT molecular complexity index is 751. The van der Waals surface area contributed by atoms with Crippen LogP contribution in [0.15, 0.2) is 24.5 Å². The second-order valence-electron chi connectivity index (χ2n) is 5.66. The van der Waals surface area contributed by atoms with Crippen molar-refractivity contribution in [2.75, 3.05) is 11.1 Å². The molecule has 2 rings (SSSR count). The number of hydrogen-bond acceptors (Lipinski definition) is 5. The van der Waals surface area contributed by atoms with Gasteiger partial charge in [-0.05, 0) is 32.9 Å². The molecule has 0 atom stereocenters. The van der Waals surface area contributed by atoms with Gasteiger partial charge in [0.1, 0.15) is 15.9 Å². The number of halogens is 4. The van der Waals surface area contributed by atoms with Crippen molar-refractivity contribution in [3.05, 3.63) is 44.9 Å². The summed E-state index contributed by atoms with van der Waals surface area (Å²) in [6, 6.07) is 3.05. The Hall–Kier alpha value is -1.47. The summed E-state index contributed by atoms with van der Waals surface area (Å²) in [5.41, 5.74) is 5.73. The Kier molecular flexibility index (Phi) is 8.02. The highest BCUT2D eigenvalue weighted by Crippen LogP contribution is 2.22. The highest BCUT2D eigenvalue weighted by atomic mass is 35.5. The minimum Gasteiger partial charge on any atom is -0.444 e. The van der Waals surface area contributed by atoms with Gasteiger partial charge in [0.2, 0.25) is 0 Å². The summed E-state index contributed by atoms with van der Waals surface area (Å²) in [4.78, 5) is 18.9. The molecule has 0 saturated heterocycles. The summed E-state index contributed by atoms with van der Waals surface area (Å²) in [5, 5.41) is 3.63. The van der Waals surface area contributed by atoms with Crippen molar-refractivity contribution in [2.45, 2.75) is 26.4 Å². The molecule has 0 fully saturated rings. The van der Waals surface area contributed by atoms with Gasteiger partial charge in [0.05, 0.1) is 33.8 Å². The van der Waals surface area contributed by atoms with Crippen LogP contribution in [0.1, 0.15) is 20.8 Å². The van der Waals surface area contributed by atoms with Crippen LogP contribution in [0.2, 0.25) is 20.4 Å². The first-order valence-electron chi connectivity index (χ1n) is 6.85. The molecule has 2 aromatic rings. The number of rotatable bonds is 1. The van der Waals surface area contributed by atoms with Gasteiger partial charge in [-0.3, -0.25) is 5.32 Å². The number of nitrogens with two attached hydrogens (primary N) is 1. The molecule has 0 aliphatic rings. The minimum absolute atomic E-state index is 0.191. The number of nitrogens with one attached hydrogen (secondary N) is 1. The summed E-state index contributed by atoms with van der Waals surface area (Å²) in [6.07, 6.45) is 2.29. The molecular weight excluding hydrogens is 410 g/mol. The average Bonchev–Trinajstić information content (AvgIpc) is 2.46. The van der Waals surface area contributed by atoms with Gasteiger partial charge >= 0.3 is 6.09 Å². The van der Waals surface area contributed by atoms with Crippen LogP contribution in [0, 0.1) is 0 Å². The SMILES string of the molecule is CC(C)(C)OC(=O)Nc1cnc(Cl)c(Cl)c1.Nc1cnc(Cl)c(Cl)c1. The normalized spacial score (nSPS) is 10.5. The van der Waals surface area contributed by atoms with Crippen LogP contribution < -0.4 is 11.1 Å². The molecule has 1 amide bonds. The zero-order valence-electron chi connectivity index (χ0n) is 13.6. The second-order valence-corrected chi connectivity index (χ2v) is 7.20. The molecule has 0 unspecified atom stereocenters. The smallest absolute Gasteiger partial charge is 0.412 e. The summed E-state index contributed by atoms with van der Waals surface area (Å²) >= 11 is 22.4. The number of aromatic nitrogens is 2. The fraction of sp³-hybridized carbons (Fsp3) is 0.267. The monoisotopic (exact) mass is 424 g/mol. The highest BCUT2D eigenvalue weighted by Gasteiger charge is 2.16. The van der Waals surface area contributed by atoms with Crippen LogP contribution in [0.3, 0.4) is 0 Å². The highest BCUT2D eigenvalue weighted by molar-refractivity contribution is 6.41. The van der Waals surface area contributed by atoms with Crippen molar-refractivity contribution in [1.82, 2.24) is 9.97 Å². The third-order valence-electron chi connectivity index (χ3n) is 2.26. The van der Waals surface area contributed by atoms with Gasteiger partial charge in [-0.2, -0.15) is 0 Å². The lowest BCUT2D eigenvalue weighted by molar-refractivity contribution is 0.0636. The first-order valence-corrected chi connectivity index (χ1v) is 8.36. The first kappa shape index (κ1) is 21.6. The fourth-order valence-electron chi connectivity index (χ4n) is 1.35. The zero-order chi connectivity index (χ0) is 19.2. The van der Waals surface area contributed by atoms with Crippen molar-refractivity contribution < 1.29 is 9.53 Å². The summed E-state index contributed by atoms with van der Waals surface area (Å²) in [7, 11) is 0. The maximum absolute atomic E-state index is 11.4. The van der Waals surface area contributed by atoms with E-state index >= 15 is 0 Å². The van der Waals surface area contributed by atoms with E-state index in [0.717, 1.165) is 0 Å². The number of amides is 1. The maximum Gasteiger partial charge on any atom is 0.412 e. The Morgan fingerprint density at radius 2 is 1.56 bits per heavy atom. The van der Waals surface area contributed by atoms with Crippen molar-refractivity contribution in [1.29, 1.82) is 0 Å². The van der Waals surface area contributed by atoms with Crippen LogP contribution in [-0.2, 0) is 4.74 Å². The molecule has 0 aromatic carbocycles. The predicted molar refractivity (Wildman–Crippen MR) is 103 cm³/mol. The van der Waals surface area contributed by atoms with E-state index in [-0.39, 0.29) is 15.3 Å². The van der Waals surface area contributed by atoms with Crippen LogP contribution in [0.4, 0.5) is 16.2 Å². The molecule has 0 spiro atoms. The number of carbonyl (C=O) groups is 1. The fourth-order valence-corrected chi connectivity index (χ4v) is 1.89. The average molecular weight is 426 g/mol. The zero-order valence-corrected chi connectivity index (χ0v) is 16.6. The standard InChI is InChI=1S/C10H12Cl2N2O2.C5H4Cl2N2/c1-10(2,3)16-9(15)14-6-4-7(11)8(12)13-5-6;6-4-1-3(8)2-9-5(4)7/h4-5H,1-3H3,(H,14,15);1-2H,8H2. The molecule has 10 heteroatoms. The molecule has 3 N–H and O–H groups in total.